The van der Waals surface area contributed by atoms with E-state index in [1.807, 2.05) is 19.1 Å². The smallest absolute Gasteiger partial charge is 0.226 e. The molecular weight excluding hydrogens is 294 g/mol. The van der Waals surface area contributed by atoms with Gasteiger partial charge in [-0.05, 0) is 36.1 Å². The van der Waals surface area contributed by atoms with Gasteiger partial charge in [0, 0.05) is 23.4 Å². The van der Waals surface area contributed by atoms with Crippen molar-refractivity contribution in [2.45, 2.75) is 13.3 Å². The molecule has 23 heavy (non-hydrogen) atoms. The standard InChI is InChI=1S/C15H9N7O/c1-8-11(13(18-2)14-15(19-8)22-23-21-14)5-10-4-3-9(6-16)12(7-17)20-10/h3-4H,2,5H2,1H3. The Morgan fingerprint density at radius 3 is 2.74 bits per heavy atom. The summed E-state index contributed by atoms with van der Waals surface area (Å²) in [4.78, 5) is 12.5. The van der Waals surface area contributed by atoms with E-state index in [0.29, 0.717) is 34.7 Å². The second-order valence-electron chi connectivity index (χ2n) is 4.72. The number of hydrogen-bond acceptors (Lipinski definition) is 8. The van der Waals surface area contributed by atoms with E-state index >= 15 is 0 Å². The van der Waals surface area contributed by atoms with Gasteiger partial charge in [0.25, 0.3) is 0 Å². The van der Waals surface area contributed by atoms with Crippen molar-refractivity contribution in [1.82, 2.24) is 20.3 Å². The highest BCUT2D eigenvalue weighted by Gasteiger charge is 2.17. The first-order valence-corrected chi connectivity index (χ1v) is 6.56. The summed E-state index contributed by atoms with van der Waals surface area (Å²) in [5.74, 6) is 0. The average molecular weight is 303 g/mol. The molecule has 8 heteroatoms. The lowest BCUT2D eigenvalue weighted by Gasteiger charge is -2.08. The van der Waals surface area contributed by atoms with Crippen LogP contribution in [0.5, 0.6) is 0 Å². The quantitative estimate of drug-likeness (QED) is 0.677. The average Bonchev–Trinajstić information content (AvgIpc) is 3.03. The van der Waals surface area contributed by atoms with Crippen molar-refractivity contribution in [1.29, 1.82) is 10.5 Å². The highest BCUT2D eigenvalue weighted by Crippen LogP contribution is 2.30. The Hall–Kier alpha value is -3.65. The second kappa shape index (κ2) is 5.62. The van der Waals surface area contributed by atoms with Crippen molar-refractivity contribution < 1.29 is 4.63 Å². The maximum atomic E-state index is 9.07. The van der Waals surface area contributed by atoms with Crippen LogP contribution in [0.2, 0.25) is 0 Å². The summed E-state index contributed by atoms with van der Waals surface area (Å²) in [6.45, 7) is 5.37. The van der Waals surface area contributed by atoms with E-state index in [2.05, 4.69) is 36.6 Å². The van der Waals surface area contributed by atoms with Crippen molar-refractivity contribution in [3.8, 4) is 12.1 Å². The molecule has 0 amide bonds. The molecule has 0 fully saturated rings. The van der Waals surface area contributed by atoms with Gasteiger partial charge in [-0.2, -0.15) is 10.5 Å². The Morgan fingerprint density at radius 2 is 2.04 bits per heavy atom. The molecule has 0 spiro atoms. The molecule has 0 N–H and O–H groups in total. The van der Waals surface area contributed by atoms with E-state index in [1.165, 1.54) is 0 Å². The van der Waals surface area contributed by atoms with Crippen molar-refractivity contribution in [2.75, 3.05) is 0 Å². The molecule has 3 aromatic heterocycles. The molecule has 8 nitrogen and oxygen atoms in total. The predicted octanol–water partition coefficient (Wildman–Crippen LogP) is 1.99. The summed E-state index contributed by atoms with van der Waals surface area (Å²) >= 11 is 0. The van der Waals surface area contributed by atoms with Crippen LogP contribution < -0.4 is 0 Å². The predicted molar refractivity (Wildman–Crippen MR) is 80.0 cm³/mol. The van der Waals surface area contributed by atoms with Gasteiger partial charge in [-0.25, -0.2) is 14.6 Å². The van der Waals surface area contributed by atoms with Gasteiger partial charge >= 0.3 is 0 Å². The Labute approximate surface area is 130 Å². The number of aryl methyl sites for hydroxylation is 1. The Kier molecular flexibility index (Phi) is 3.49. The lowest BCUT2D eigenvalue weighted by molar-refractivity contribution is 0.315. The minimum atomic E-state index is 0.0907. The number of aliphatic imine (C=N–C) groups is 1. The minimum absolute atomic E-state index is 0.0907. The van der Waals surface area contributed by atoms with E-state index in [9.17, 15) is 0 Å². The molecule has 0 atom stereocenters. The first-order valence-electron chi connectivity index (χ1n) is 6.56. The fourth-order valence-electron chi connectivity index (χ4n) is 2.28. The molecule has 3 rings (SSSR count). The van der Waals surface area contributed by atoms with Gasteiger partial charge in [0.05, 0.1) is 5.56 Å². The maximum Gasteiger partial charge on any atom is 0.226 e. The fraction of sp³-hybridized carbons (Fsp3) is 0.133. The van der Waals surface area contributed by atoms with Crippen LogP contribution in [0, 0.1) is 29.6 Å². The summed E-state index contributed by atoms with van der Waals surface area (Å²) in [6, 6.07) is 7.12. The van der Waals surface area contributed by atoms with E-state index in [4.69, 9.17) is 10.5 Å². The summed E-state index contributed by atoms with van der Waals surface area (Å²) in [6.07, 6.45) is 0.371. The zero-order valence-electron chi connectivity index (χ0n) is 12.1. The zero-order chi connectivity index (χ0) is 16.4. The summed E-state index contributed by atoms with van der Waals surface area (Å²) in [5.41, 5.74) is 3.72. The molecule has 0 aromatic carbocycles. The normalized spacial score (nSPS) is 10.2. The van der Waals surface area contributed by atoms with Crippen LogP contribution in [0.3, 0.4) is 0 Å². The third kappa shape index (κ3) is 2.39. The van der Waals surface area contributed by atoms with Gasteiger partial charge < -0.3 is 0 Å². The van der Waals surface area contributed by atoms with Crippen LogP contribution in [0.25, 0.3) is 11.2 Å². The molecule has 3 heterocycles. The number of pyridine rings is 2. The van der Waals surface area contributed by atoms with Crippen LogP contribution in [0.4, 0.5) is 5.69 Å². The van der Waals surface area contributed by atoms with Crippen LogP contribution >= 0.6 is 0 Å². The van der Waals surface area contributed by atoms with Gasteiger partial charge in [0.2, 0.25) is 5.65 Å². The van der Waals surface area contributed by atoms with Crippen LogP contribution in [0.15, 0.2) is 21.8 Å². The van der Waals surface area contributed by atoms with E-state index in [0.717, 1.165) is 5.56 Å². The topological polar surface area (TPSA) is 125 Å². The van der Waals surface area contributed by atoms with Crippen molar-refractivity contribution in [2.24, 2.45) is 4.99 Å². The number of nitriles is 2. The Bertz CT molecular complexity index is 1010. The summed E-state index contributed by atoms with van der Waals surface area (Å²) < 4.78 is 4.69. The molecule has 110 valence electrons. The van der Waals surface area contributed by atoms with Gasteiger partial charge in [-0.1, -0.05) is 0 Å². The molecule has 3 aromatic rings. The largest absolute Gasteiger partial charge is 0.262 e. The molecule has 0 saturated carbocycles. The van der Waals surface area contributed by atoms with Crippen molar-refractivity contribution >= 4 is 23.6 Å². The van der Waals surface area contributed by atoms with E-state index in [-0.39, 0.29) is 11.3 Å². The SMILES string of the molecule is C=Nc1c(Cc2ccc(C#N)c(C#N)n2)c(C)nc2nonc12. The van der Waals surface area contributed by atoms with Gasteiger partial charge in [-0.15, -0.1) is 0 Å². The number of hydrogen-bond donors (Lipinski definition) is 0. The molecular formula is C15H9N7O. The monoisotopic (exact) mass is 303 g/mol. The zero-order valence-corrected chi connectivity index (χ0v) is 12.1. The summed E-state index contributed by atoms with van der Waals surface area (Å²) in [7, 11) is 0. The first kappa shape index (κ1) is 14.3. The molecule has 0 saturated heterocycles. The maximum absolute atomic E-state index is 9.07. The van der Waals surface area contributed by atoms with E-state index < -0.39 is 0 Å². The molecule has 0 aliphatic heterocycles. The molecule has 0 aliphatic carbocycles. The first-order chi connectivity index (χ1) is 11.2. The van der Waals surface area contributed by atoms with Crippen molar-refractivity contribution in [3.63, 3.8) is 0 Å². The lowest BCUT2D eigenvalue weighted by Crippen LogP contribution is -2.01. The molecule has 0 bridgehead atoms. The van der Waals surface area contributed by atoms with Gasteiger partial charge in [-0.3, -0.25) is 4.99 Å². The number of nitrogens with zero attached hydrogens (tertiary/aromatic N) is 7. The molecule has 0 radical (unpaired) electrons. The molecule has 0 unspecified atom stereocenters. The van der Waals surface area contributed by atoms with Gasteiger partial charge in [0.15, 0.2) is 11.2 Å². The second-order valence-corrected chi connectivity index (χ2v) is 4.72. The van der Waals surface area contributed by atoms with Crippen LogP contribution in [-0.2, 0) is 6.42 Å². The Morgan fingerprint density at radius 1 is 1.22 bits per heavy atom. The number of aromatic nitrogens is 4. The van der Waals surface area contributed by atoms with Crippen LogP contribution in [0.1, 0.15) is 28.2 Å². The van der Waals surface area contributed by atoms with Gasteiger partial charge in [0.1, 0.15) is 17.8 Å². The third-order valence-corrected chi connectivity index (χ3v) is 3.39. The number of fused-ring (bicyclic) bond motifs is 1. The van der Waals surface area contributed by atoms with Crippen LogP contribution in [-0.4, -0.2) is 27.0 Å². The third-order valence-electron chi connectivity index (χ3n) is 3.39. The fourth-order valence-corrected chi connectivity index (χ4v) is 2.28. The highest BCUT2D eigenvalue weighted by atomic mass is 16.6. The summed E-state index contributed by atoms with van der Waals surface area (Å²) in [5, 5.41) is 25.5. The lowest BCUT2D eigenvalue weighted by atomic mass is 10.0. The number of rotatable bonds is 3. The van der Waals surface area contributed by atoms with E-state index in [1.54, 1.807) is 12.1 Å². The molecule has 0 aliphatic rings. The Balaban J connectivity index is 2.12. The van der Waals surface area contributed by atoms with Crippen molar-refractivity contribution in [3.05, 3.63) is 40.3 Å². The minimum Gasteiger partial charge on any atom is -0.262 e. The highest BCUT2D eigenvalue weighted by molar-refractivity contribution is 5.86.